The maximum atomic E-state index is 9.21. The molecule has 1 fully saturated rings. The van der Waals surface area contributed by atoms with Crippen LogP contribution in [0.15, 0.2) is 12.4 Å². The summed E-state index contributed by atoms with van der Waals surface area (Å²) >= 11 is 0. The van der Waals surface area contributed by atoms with E-state index in [-0.39, 0.29) is 18.9 Å². The van der Waals surface area contributed by atoms with Crippen LogP contribution in [-0.2, 0) is 4.74 Å². The molecule has 6 heteroatoms. The number of imidazole rings is 1. The van der Waals surface area contributed by atoms with Gasteiger partial charge >= 0.3 is 0 Å². The Labute approximate surface area is 121 Å². The lowest BCUT2D eigenvalue weighted by Gasteiger charge is -2.14. The minimum atomic E-state index is -0.0902. The number of hydrogen-bond donors (Lipinski definition) is 2. The van der Waals surface area contributed by atoms with Crippen LogP contribution in [0.1, 0.15) is 30.5 Å². The minimum absolute atomic E-state index is 0.0651. The predicted molar refractivity (Wildman–Crippen MR) is 79.1 cm³/mol. The first kappa shape index (κ1) is 12.8. The predicted octanol–water partition coefficient (Wildman–Crippen LogP) is 2.20. The molecule has 6 nitrogen and oxygen atoms in total. The third kappa shape index (κ3) is 1.86. The van der Waals surface area contributed by atoms with Gasteiger partial charge in [0, 0.05) is 16.8 Å². The summed E-state index contributed by atoms with van der Waals surface area (Å²) in [6.45, 7) is 4.11. The first-order chi connectivity index (χ1) is 10.2. The number of aliphatic hydroxyl groups is 1. The molecule has 0 radical (unpaired) electrons. The lowest BCUT2D eigenvalue weighted by molar-refractivity contribution is -0.0207. The SMILES string of the molecule is Cc1cc2c(C)nc3c(ncn3[C@H]3CC[C@@H](CO)O3)c2[nH]1. The number of aryl methyl sites for hydroxylation is 2. The molecule has 1 saturated heterocycles. The lowest BCUT2D eigenvalue weighted by Crippen LogP contribution is -2.14. The van der Waals surface area contributed by atoms with Crippen molar-refractivity contribution in [1.29, 1.82) is 0 Å². The second-order valence-corrected chi connectivity index (χ2v) is 5.73. The van der Waals surface area contributed by atoms with E-state index in [1.54, 1.807) is 6.33 Å². The molecule has 3 aromatic rings. The molecule has 3 aromatic heterocycles. The van der Waals surface area contributed by atoms with Crippen LogP contribution in [0.25, 0.3) is 22.1 Å². The highest BCUT2D eigenvalue weighted by Crippen LogP contribution is 2.32. The number of fused-ring (bicyclic) bond motifs is 3. The van der Waals surface area contributed by atoms with E-state index >= 15 is 0 Å². The second-order valence-electron chi connectivity index (χ2n) is 5.73. The molecule has 0 amide bonds. The Bertz CT molecular complexity index is 820. The van der Waals surface area contributed by atoms with E-state index in [9.17, 15) is 5.11 Å². The van der Waals surface area contributed by atoms with E-state index in [0.717, 1.165) is 46.3 Å². The van der Waals surface area contributed by atoms with Crippen molar-refractivity contribution in [1.82, 2.24) is 19.5 Å². The Morgan fingerprint density at radius 3 is 3.05 bits per heavy atom. The van der Waals surface area contributed by atoms with E-state index in [2.05, 4.69) is 16.0 Å². The summed E-state index contributed by atoms with van der Waals surface area (Å²) in [7, 11) is 0. The molecule has 0 bridgehead atoms. The van der Waals surface area contributed by atoms with Gasteiger partial charge in [-0.25, -0.2) is 9.97 Å². The van der Waals surface area contributed by atoms with Gasteiger partial charge in [-0.15, -0.1) is 0 Å². The van der Waals surface area contributed by atoms with Gasteiger partial charge in [-0.3, -0.25) is 4.57 Å². The number of aliphatic hydroxyl groups excluding tert-OH is 1. The van der Waals surface area contributed by atoms with Crippen molar-refractivity contribution >= 4 is 22.1 Å². The largest absolute Gasteiger partial charge is 0.394 e. The van der Waals surface area contributed by atoms with Crippen molar-refractivity contribution in [2.45, 2.75) is 39.0 Å². The number of pyridine rings is 1. The summed E-state index contributed by atoms with van der Waals surface area (Å²) in [5, 5.41) is 10.3. The molecule has 2 N–H and O–H groups in total. The lowest BCUT2D eigenvalue weighted by atomic mass is 10.2. The summed E-state index contributed by atoms with van der Waals surface area (Å²) in [6.07, 6.45) is 3.36. The standard InChI is InChI=1S/C15H18N4O2/c1-8-5-11-9(2)18-15-14(13(11)17-8)16-7-19(15)12-4-3-10(6-20)21-12/h5,7,10,12,17,20H,3-4,6H2,1-2H3/t10-,12+/m0/s1. The van der Waals surface area contributed by atoms with Crippen LogP contribution >= 0.6 is 0 Å². The van der Waals surface area contributed by atoms with Crippen LogP contribution in [0.4, 0.5) is 0 Å². The molecule has 21 heavy (non-hydrogen) atoms. The zero-order chi connectivity index (χ0) is 14.6. The minimum Gasteiger partial charge on any atom is -0.394 e. The topological polar surface area (TPSA) is 76.0 Å². The molecule has 0 aliphatic carbocycles. The molecular formula is C15H18N4O2. The normalized spacial score (nSPS) is 22.6. The van der Waals surface area contributed by atoms with Crippen molar-refractivity contribution in [2.75, 3.05) is 6.61 Å². The highest BCUT2D eigenvalue weighted by atomic mass is 16.5. The van der Waals surface area contributed by atoms with Crippen LogP contribution in [-0.4, -0.2) is 37.3 Å². The molecule has 110 valence electrons. The average molecular weight is 286 g/mol. The number of aromatic amines is 1. The second kappa shape index (κ2) is 4.54. The summed E-state index contributed by atoms with van der Waals surface area (Å²) in [5.74, 6) is 0. The number of aromatic nitrogens is 4. The Hall–Kier alpha value is -1.92. The van der Waals surface area contributed by atoms with E-state index in [1.807, 2.05) is 18.4 Å². The molecule has 1 aliphatic heterocycles. The Morgan fingerprint density at radius 1 is 1.43 bits per heavy atom. The fourth-order valence-corrected chi connectivity index (χ4v) is 3.16. The van der Waals surface area contributed by atoms with Gasteiger partial charge in [-0.2, -0.15) is 0 Å². The molecule has 4 rings (SSSR count). The highest BCUT2D eigenvalue weighted by molar-refractivity contribution is 6.01. The molecule has 2 atom stereocenters. The van der Waals surface area contributed by atoms with E-state index < -0.39 is 0 Å². The molecule has 0 saturated carbocycles. The fraction of sp³-hybridized carbons (Fsp3) is 0.467. The zero-order valence-corrected chi connectivity index (χ0v) is 12.1. The number of nitrogens with one attached hydrogen (secondary N) is 1. The van der Waals surface area contributed by atoms with Crippen molar-refractivity contribution in [3.63, 3.8) is 0 Å². The number of nitrogens with zero attached hydrogens (tertiary/aromatic N) is 3. The first-order valence-corrected chi connectivity index (χ1v) is 7.26. The monoisotopic (exact) mass is 286 g/mol. The van der Waals surface area contributed by atoms with Crippen molar-refractivity contribution in [3.8, 4) is 0 Å². The van der Waals surface area contributed by atoms with E-state index in [1.165, 1.54) is 0 Å². The number of ether oxygens (including phenoxy) is 1. The quantitative estimate of drug-likeness (QED) is 0.757. The van der Waals surface area contributed by atoms with Gasteiger partial charge in [-0.05, 0) is 32.8 Å². The van der Waals surface area contributed by atoms with Crippen LogP contribution < -0.4 is 0 Å². The summed E-state index contributed by atoms with van der Waals surface area (Å²) < 4.78 is 7.82. The number of rotatable bonds is 2. The Morgan fingerprint density at radius 2 is 2.29 bits per heavy atom. The van der Waals surface area contributed by atoms with Crippen molar-refractivity contribution < 1.29 is 9.84 Å². The van der Waals surface area contributed by atoms with Gasteiger partial charge in [0.25, 0.3) is 0 Å². The molecule has 0 unspecified atom stereocenters. The van der Waals surface area contributed by atoms with Gasteiger partial charge in [0.05, 0.1) is 24.6 Å². The van der Waals surface area contributed by atoms with E-state index in [4.69, 9.17) is 9.72 Å². The summed E-state index contributed by atoms with van der Waals surface area (Å²) in [5.41, 5.74) is 4.84. The maximum Gasteiger partial charge on any atom is 0.164 e. The van der Waals surface area contributed by atoms with Crippen molar-refractivity contribution in [3.05, 3.63) is 23.8 Å². The average Bonchev–Trinajstić information content (AvgIpc) is 3.14. The molecule has 0 spiro atoms. The highest BCUT2D eigenvalue weighted by Gasteiger charge is 2.28. The smallest absolute Gasteiger partial charge is 0.164 e. The molecule has 0 aromatic carbocycles. The van der Waals surface area contributed by atoms with Gasteiger partial charge in [0.15, 0.2) is 5.65 Å². The Kier molecular flexibility index (Phi) is 2.77. The van der Waals surface area contributed by atoms with Crippen LogP contribution in [0, 0.1) is 13.8 Å². The van der Waals surface area contributed by atoms with Crippen LogP contribution in [0.5, 0.6) is 0 Å². The third-order valence-electron chi connectivity index (χ3n) is 4.22. The third-order valence-corrected chi connectivity index (χ3v) is 4.22. The van der Waals surface area contributed by atoms with Gasteiger partial charge in [-0.1, -0.05) is 0 Å². The van der Waals surface area contributed by atoms with Gasteiger partial charge < -0.3 is 14.8 Å². The van der Waals surface area contributed by atoms with E-state index in [0.29, 0.717) is 0 Å². The summed E-state index contributed by atoms with van der Waals surface area (Å²) in [4.78, 5) is 12.6. The van der Waals surface area contributed by atoms with Crippen molar-refractivity contribution in [2.24, 2.45) is 0 Å². The van der Waals surface area contributed by atoms with Gasteiger partial charge in [0.1, 0.15) is 11.7 Å². The molecule has 1 aliphatic rings. The molecular weight excluding hydrogens is 268 g/mol. The number of H-pyrrole nitrogens is 1. The Balaban J connectivity index is 1.88. The maximum absolute atomic E-state index is 9.21. The zero-order valence-electron chi connectivity index (χ0n) is 12.1. The summed E-state index contributed by atoms with van der Waals surface area (Å²) in [6, 6.07) is 2.10. The van der Waals surface area contributed by atoms with Crippen LogP contribution in [0.3, 0.4) is 0 Å². The van der Waals surface area contributed by atoms with Crippen LogP contribution in [0.2, 0.25) is 0 Å². The fourth-order valence-electron chi connectivity index (χ4n) is 3.16. The number of hydrogen-bond acceptors (Lipinski definition) is 4. The molecule has 4 heterocycles. The first-order valence-electron chi connectivity index (χ1n) is 7.26. The van der Waals surface area contributed by atoms with Gasteiger partial charge in [0.2, 0.25) is 0 Å².